The average molecular weight is 182 g/mol. The molecule has 0 aromatic carbocycles. The van der Waals surface area contributed by atoms with Crippen LogP contribution in [0.25, 0.3) is 0 Å². The van der Waals surface area contributed by atoms with E-state index < -0.39 is 0 Å². The number of carbonyl (C=O) groups is 1. The number of nitrogens with zero attached hydrogens (tertiary/aromatic N) is 2. The van der Waals surface area contributed by atoms with Gasteiger partial charge in [-0.2, -0.15) is 0 Å². The molecule has 13 heavy (non-hydrogen) atoms. The molecule has 0 atom stereocenters. The molecule has 0 fully saturated rings. The van der Waals surface area contributed by atoms with Crippen molar-refractivity contribution < 1.29 is 9.53 Å². The zero-order valence-corrected chi connectivity index (χ0v) is 8.20. The van der Waals surface area contributed by atoms with Crippen molar-refractivity contribution in [3.05, 3.63) is 17.7 Å². The third kappa shape index (κ3) is 2.31. The Morgan fingerprint density at radius 3 is 2.77 bits per heavy atom. The first kappa shape index (κ1) is 9.77. The second-order valence-electron chi connectivity index (χ2n) is 2.93. The first-order valence-electron chi connectivity index (χ1n) is 4.20. The Morgan fingerprint density at radius 1 is 1.62 bits per heavy atom. The summed E-state index contributed by atoms with van der Waals surface area (Å²) in [6, 6.07) is 0. The molecule has 0 aliphatic rings. The Hall–Kier alpha value is -1.32. The van der Waals surface area contributed by atoms with Gasteiger partial charge in [0.25, 0.3) is 0 Å². The van der Waals surface area contributed by atoms with Crippen molar-refractivity contribution in [2.45, 2.75) is 26.8 Å². The third-order valence-electron chi connectivity index (χ3n) is 2.13. The fraction of sp³-hybridized carbons (Fsp3) is 0.556. The summed E-state index contributed by atoms with van der Waals surface area (Å²) in [5.41, 5.74) is 2.11. The van der Waals surface area contributed by atoms with E-state index in [1.165, 1.54) is 7.11 Å². The van der Waals surface area contributed by atoms with E-state index in [4.69, 9.17) is 0 Å². The van der Waals surface area contributed by atoms with E-state index in [1.54, 1.807) is 6.33 Å². The SMILES string of the molecule is COC(=O)CCn1cnc(C)c1C. The highest BCUT2D eigenvalue weighted by Gasteiger charge is 2.04. The first-order chi connectivity index (χ1) is 6.15. The summed E-state index contributed by atoms with van der Waals surface area (Å²) in [6.07, 6.45) is 2.14. The van der Waals surface area contributed by atoms with Crippen LogP contribution in [0.3, 0.4) is 0 Å². The monoisotopic (exact) mass is 182 g/mol. The Kier molecular flexibility index (Phi) is 3.06. The highest BCUT2D eigenvalue weighted by atomic mass is 16.5. The predicted molar refractivity (Wildman–Crippen MR) is 48.3 cm³/mol. The van der Waals surface area contributed by atoms with Crippen LogP contribution >= 0.6 is 0 Å². The zero-order chi connectivity index (χ0) is 9.84. The van der Waals surface area contributed by atoms with Crippen LogP contribution in [0, 0.1) is 13.8 Å². The van der Waals surface area contributed by atoms with Crippen molar-refractivity contribution in [3.8, 4) is 0 Å². The number of aryl methyl sites for hydroxylation is 2. The van der Waals surface area contributed by atoms with Crippen LogP contribution in [-0.4, -0.2) is 22.6 Å². The molecule has 4 heteroatoms. The Bertz CT molecular complexity index is 305. The van der Waals surface area contributed by atoms with E-state index in [0.29, 0.717) is 13.0 Å². The summed E-state index contributed by atoms with van der Waals surface area (Å²) in [7, 11) is 1.40. The summed E-state index contributed by atoms with van der Waals surface area (Å²) in [5, 5.41) is 0. The maximum absolute atomic E-state index is 10.8. The molecule has 1 aromatic heterocycles. The van der Waals surface area contributed by atoms with Gasteiger partial charge in [0.05, 0.1) is 25.6 Å². The van der Waals surface area contributed by atoms with Gasteiger partial charge in [-0.25, -0.2) is 4.98 Å². The highest BCUT2D eigenvalue weighted by molar-refractivity contribution is 5.68. The maximum Gasteiger partial charge on any atom is 0.307 e. The quantitative estimate of drug-likeness (QED) is 0.656. The van der Waals surface area contributed by atoms with Gasteiger partial charge >= 0.3 is 5.97 Å². The summed E-state index contributed by atoms with van der Waals surface area (Å²) >= 11 is 0. The van der Waals surface area contributed by atoms with Crippen molar-refractivity contribution in [2.24, 2.45) is 0 Å². The van der Waals surface area contributed by atoms with Gasteiger partial charge in [0.15, 0.2) is 0 Å². The minimum absolute atomic E-state index is 0.189. The lowest BCUT2D eigenvalue weighted by Gasteiger charge is -2.03. The third-order valence-corrected chi connectivity index (χ3v) is 2.13. The Labute approximate surface area is 77.5 Å². The minimum Gasteiger partial charge on any atom is -0.469 e. The highest BCUT2D eigenvalue weighted by Crippen LogP contribution is 2.04. The number of rotatable bonds is 3. The molecule has 4 nitrogen and oxygen atoms in total. The Morgan fingerprint density at radius 2 is 2.31 bits per heavy atom. The molecule has 0 aliphatic heterocycles. The standard InChI is InChI=1S/C9H14N2O2/c1-7-8(2)11(6-10-7)5-4-9(12)13-3/h6H,4-5H2,1-3H3. The topological polar surface area (TPSA) is 44.1 Å². The molecule has 0 radical (unpaired) electrons. The van der Waals surface area contributed by atoms with Crippen LogP contribution in [-0.2, 0) is 16.1 Å². The van der Waals surface area contributed by atoms with Crippen molar-refractivity contribution in [1.82, 2.24) is 9.55 Å². The molecule has 0 N–H and O–H groups in total. The lowest BCUT2D eigenvalue weighted by Crippen LogP contribution is -2.07. The van der Waals surface area contributed by atoms with Crippen molar-refractivity contribution in [2.75, 3.05) is 7.11 Å². The van der Waals surface area contributed by atoms with E-state index in [2.05, 4.69) is 9.72 Å². The summed E-state index contributed by atoms with van der Waals surface area (Å²) in [6.45, 7) is 4.57. The van der Waals surface area contributed by atoms with Crippen molar-refractivity contribution in [3.63, 3.8) is 0 Å². The fourth-order valence-electron chi connectivity index (χ4n) is 1.08. The minimum atomic E-state index is -0.189. The van der Waals surface area contributed by atoms with Crippen LogP contribution in [0.1, 0.15) is 17.8 Å². The number of hydrogen-bond donors (Lipinski definition) is 0. The van der Waals surface area contributed by atoms with Crippen LogP contribution < -0.4 is 0 Å². The molecule has 0 unspecified atom stereocenters. The number of aromatic nitrogens is 2. The van der Waals surface area contributed by atoms with Gasteiger partial charge in [0, 0.05) is 12.2 Å². The summed E-state index contributed by atoms with van der Waals surface area (Å²) in [4.78, 5) is 15.0. The van der Waals surface area contributed by atoms with Gasteiger partial charge in [0.1, 0.15) is 0 Å². The van der Waals surface area contributed by atoms with Gasteiger partial charge in [0.2, 0.25) is 0 Å². The number of methoxy groups -OCH3 is 1. The molecule has 0 bridgehead atoms. The van der Waals surface area contributed by atoms with Crippen LogP contribution in [0.2, 0.25) is 0 Å². The zero-order valence-electron chi connectivity index (χ0n) is 8.20. The van der Waals surface area contributed by atoms with E-state index in [1.807, 2.05) is 18.4 Å². The molecule has 1 heterocycles. The van der Waals surface area contributed by atoms with Crippen molar-refractivity contribution in [1.29, 1.82) is 0 Å². The second kappa shape index (κ2) is 4.07. The second-order valence-corrected chi connectivity index (χ2v) is 2.93. The van der Waals surface area contributed by atoms with Crippen LogP contribution in [0.5, 0.6) is 0 Å². The normalized spacial score (nSPS) is 10.1. The summed E-state index contributed by atoms with van der Waals surface area (Å²) in [5.74, 6) is -0.189. The lowest BCUT2D eigenvalue weighted by molar-refractivity contribution is -0.140. The van der Waals surface area contributed by atoms with E-state index in [9.17, 15) is 4.79 Å². The molecular formula is C9H14N2O2. The number of imidazole rings is 1. The molecule has 1 rings (SSSR count). The maximum atomic E-state index is 10.8. The van der Waals surface area contributed by atoms with Gasteiger partial charge in [-0.15, -0.1) is 0 Å². The van der Waals surface area contributed by atoms with Crippen molar-refractivity contribution >= 4 is 5.97 Å². The van der Waals surface area contributed by atoms with E-state index in [-0.39, 0.29) is 5.97 Å². The molecule has 0 saturated carbocycles. The molecule has 0 spiro atoms. The molecule has 0 amide bonds. The van der Waals surface area contributed by atoms with Crippen LogP contribution in [0.4, 0.5) is 0 Å². The van der Waals surface area contributed by atoms with Gasteiger partial charge in [-0.05, 0) is 13.8 Å². The number of hydrogen-bond acceptors (Lipinski definition) is 3. The molecule has 0 saturated heterocycles. The smallest absolute Gasteiger partial charge is 0.307 e. The lowest BCUT2D eigenvalue weighted by atomic mass is 10.3. The largest absolute Gasteiger partial charge is 0.469 e. The van der Waals surface area contributed by atoms with Gasteiger partial charge in [-0.3, -0.25) is 4.79 Å². The Balaban J connectivity index is 2.55. The molecule has 0 aliphatic carbocycles. The molecular weight excluding hydrogens is 168 g/mol. The average Bonchev–Trinajstić information content (AvgIpc) is 2.44. The van der Waals surface area contributed by atoms with Gasteiger partial charge in [-0.1, -0.05) is 0 Å². The number of esters is 1. The molecule has 1 aromatic rings. The van der Waals surface area contributed by atoms with E-state index >= 15 is 0 Å². The number of ether oxygens (including phenoxy) is 1. The van der Waals surface area contributed by atoms with E-state index in [0.717, 1.165) is 11.4 Å². The summed E-state index contributed by atoms with van der Waals surface area (Å²) < 4.78 is 6.50. The van der Waals surface area contributed by atoms with Crippen LogP contribution in [0.15, 0.2) is 6.33 Å². The van der Waals surface area contributed by atoms with Gasteiger partial charge < -0.3 is 9.30 Å². The molecule has 72 valence electrons. The first-order valence-corrected chi connectivity index (χ1v) is 4.20. The predicted octanol–water partition coefficient (Wildman–Crippen LogP) is 1.06. The number of carbonyl (C=O) groups excluding carboxylic acids is 1. The fourth-order valence-corrected chi connectivity index (χ4v) is 1.08.